The monoisotopic (exact) mass is 523 g/mol. The number of nitrogens with zero attached hydrogens (tertiary/aromatic N) is 2. The van der Waals surface area contributed by atoms with Crippen LogP contribution in [0.1, 0.15) is 37.5 Å². The van der Waals surface area contributed by atoms with Gasteiger partial charge in [0.05, 0.1) is 11.3 Å². The lowest BCUT2D eigenvalue weighted by atomic mass is 10.1. The zero-order chi connectivity index (χ0) is 26.6. The van der Waals surface area contributed by atoms with E-state index in [4.69, 9.17) is 9.84 Å². The van der Waals surface area contributed by atoms with Crippen molar-refractivity contribution >= 4 is 38.4 Å². The summed E-state index contributed by atoms with van der Waals surface area (Å²) in [4.78, 5) is 54.8. The number of aromatic carboxylic acids is 1. The normalized spacial score (nSPS) is 13.8. The fourth-order valence-corrected chi connectivity index (χ4v) is 4.68. The van der Waals surface area contributed by atoms with Crippen molar-refractivity contribution in [2.75, 3.05) is 11.9 Å². The summed E-state index contributed by atoms with van der Waals surface area (Å²) in [6.45, 7) is 1.62. The Hall–Kier alpha value is -4.58. The molecule has 1 atom stereocenters. The number of carbonyl (C=O) groups is 3. The highest BCUT2D eigenvalue weighted by molar-refractivity contribution is 7.98. The largest absolute Gasteiger partial charge is 0.482 e. The molecular weight excluding hydrogens is 502 g/mol. The van der Waals surface area contributed by atoms with E-state index in [1.165, 1.54) is 17.4 Å². The van der Waals surface area contributed by atoms with Crippen LogP contribution < -0.4 is 20.1 Å². The molecule has 1 aromatic heterocycles. The zero-order valence-corrected chi connectivity index (χ0v) is 20.3. The number of fused-ring (bicyclic) bond motifs is 1. The number of aryl methyl sites for hydroxylation is 1. The maximum absolute atomic E-state index is 13.2. The van der Waals surface area contributed by atoms with E-state index in [-0.39, 0.29) is 41.9 Å². The summed E-state index contributed by atoms with van der Waals surface area (Å²) in [7, 11) is -3.64. The Morgan fingerprint density at radius 2 is 1.89 bits per heavy atom. The molecule has 2 aromatic carbocycles. The minimum absolute atomic E-state index is 0.0427. The number of ether oxygens (including phenoxy) is 1. The van der Waals surface area contributed by atoms with Crippen LogP contribution in [0, 0.1) is 6.92 Å². The van der Waals surface area contributed by atoms with Crippen molar-refractivity contribution in [3.8, 4) is 5.75 Å². The Morgan fingerprint density at radius 3 is 2.62 bits per heavy atom. The van der Waals surface area contributed by atoms with Crippen molar-refractivity contribution in [2.24, 2.45) is 0 Å². The molecule has 12 nitrogen and oxygen atoms in total. The van der Waals surface area contributed by atoms with Crippen LogP contribution in [-0.4, -0.2) is 48.9 Å². The van der Waals surface area contributed by atoms with E-state index in [9.17, 15) is 23.4 Å². The fraction of sp³-hybridized carbons (Fsp3) is 0.167. The van der Waals surface area contributed by atoms with Gasteiger partial charge in [-0.15, -0.1) is 0 Å². The maximum Gasteiger partial charge on any atom is 0.335 e. The van der Waals surface area contributed by atoms with E-state index in [2.05, 4.69) is 25.3 Å². The average molecular weight is 524 g/mol. The van der Waals surface area contributed by atoms with Gasteiger partial charge in [0.15, 0.2) is 16.3 Å². The minimum Gasteiger partial charge on any atom is -0.482 e. The number of benzene rings is 2. The van der Waals surface area contributed by atoms with Crippen molar-refractivity contribution in [1.29, 1.82) is 0 Å². The molecule has 1 aliphatic heterocycles. The number of aromatic nitrogens is 2. The van der Waals surface area contributed by atoms with E-state index in [0.717, 1.165) is 12.4 Å². The Morgan fingerprint density at radius 1 is 1.14 bits per heavy atom. The summed E-state index contributed by atoms with van der Waals surface area (Å²) in [5, 5.41) is 15.7. The predicted octanol–water partition coefficient (Wildman–Crippen LogP) is 1.16. The van der Waals surface area contributed by atoms with Crippen LogP contribution in [0.3, 0.4) is 0 Å². The summed E-state index contributed by atoms with van der Waals surface area (Å²) < 4.78 is 21.1. The van der Waals surface area contributed by atoms with Crippen LogP contribution in [0.25, 0.3) is 0 Å². The maximum atomic E-state index is 13.2. The number of carboxylic acid groups (broad SMARTS) is 1. The average Bonchev–Trinajstić information content (AvgIpc) is 2.90. The number of carbonyl (C=O) groups excluding carboxylic acids is 3. The van der Waals surface area contributed by atoms with Gasteiger partial charge in [0.2, 0.25) is 5.23 Å². The van der Waals surface area contributed by atoms with Crippen LogP contribution in [-0.2, 0) is 32.4 Å². The van der Waals surface area contributed by atoms with Gasteiger partial charge in [-0.25, -0.2) is 28.5 Å². The topological polar surface area (TPSA) is 177 Å². The molecule has 0 bridgehead atoms. The number of anilines is 1. The number of carboxylic acids is 1. The summed E-state index contributed by atoms with van der Waals surface area (Å²) in [6, 6.07) is 10.7. The quantitative estimate of drug-likeness (QED) is 0.249. The molecule has 13 heteroatoms. The number of rotatable bonds is 8. The third kappa shape index (κ3) is 5.81. The number of hydrogen-bond donors (Lipinski definition) is 4. The van der Waals surface area contributed by atoms with Gasteiger partial charge in [-0.3, -0.25) is 9.59 Å². The lowest BCUT2D eigenvalue weighted by Gasteiger charge is -2.18. The van der Waals surface area contributed by atoms with Crippen molar-refractivity contribution < 1.29 is 33.2 Å². The molecule has 0 spiro atoms. The first kappa shape index (κ1) is 25.5. The van der Waals surface area contributed by atoms with Gasteiger partial charge in [-0.1, -0.05) is 18.2 Å². The van der Waals surface area contributed by atoms with Crippen molar-refractivity contribution in [3.63, 3.8) is 0 Å². The first-order valence-electron chi connectivity index (χ1n) is 10.8. The number of nitrogens with one attached hydrogen (secondary N) is 3. The molecule has 4 N–H and O–H groups in total. The molecule has 0 fully saturated rings. The first-order chi connectivity index (χ1) is 17.7. The molecule has 190 valence electrons. The van der Waals surface area contributed by atoms with Crippen molar-refractivity contribution in [2.45, 2.75) is 25.0 Å². The van der Waals surface area contributed by atoms with Gasteiger partial charge in [-0.2, -0.15) is 0 Å². The van der Waals surface area contributed by atoms with Gasteiger partial charge in [0.1, 0.15) is 22.8 Å². The van der Waals surface area contributed by atoms with E-state index < -0.39 is 21.6 Å². The molecule has 3 aromatic rings. The summed E-state index contributed by atoms with van der Waals surface area (Å²) in [5.41, 5.74) is 2.28. The Balaban J connectivity index is 1.45. The molecule has 0 radical (unpaired) electrons. The Labute approximate surface area is 211 Å². The molecule has 0 aliphatic carbocycles. The SMILES string of the molecule is Cc1cc(CNS(=O)(=C=O)c2cc(C(=O)NCc3ccc4c(c3)NC(=O)CO4)ncn2)ccc1C(=O)O. The first-order valence-corrected chi connectivity index (χ1v) is 12.4. The van der Waals surface area contributed by atoms with Crippen LogP contribution in [0.2, 0.25) is 0 Å². The highest BCUT2D eigenvalue weighted by Crippen LogP contribution is 2.28. The second-order valence-electron chi connectivity index (χ2n) is 8.01. The van der Waals surface area contributed by atoms with Gasteiger partial charge < -0.3 is 20.5 Å². The number of hydrogen-bond acceptors (Lipinski definition) is 8. The standard InChI is InChI=1S/C24H21N5O7S/c1-14-6-15(2-4-17(14)24(33)34)10-28-37(35,13-30)22-8-19(26-12-27-22)23(32)25-9-16-3-5-20-18(7-16)29-21(31)11-36-20/h2-8,12H,9-11H2,1H3,(H,25,32)(H,28,35)(H,29,31)(H,33,34). The smallest absolute Gasteiger partial charge is 0.335 e. The van der Waals surface area contributed by atoms with Crippen LogP contribution in [0.5, 0.6) is 5.75 Å². The van der Waals surface area contributed by atoms with Crippen molar-refractivity contribution in [1.82, 2.24) is 20.0 Å². The van der Waals surface area contributed by atoms with Crippen LogP contribution in [0.15, 0.2) is 53.8 Å². The molecule has 2 heterocycles. The van der Waals surface area contributed by atoms with E-state index in [0.29, 0.717) is 28.1 Å². The molecule has 1 aliphatic rings. The summed E-state index contributed by atoms with van der Waals surface area (Å²) in [6.07, 6.45) is 1.01. The van der Waals surface area contributed by atoms with E-state index in [1.54, 1.807) is 31.2 Å². The van der Waals surface area contributed by atoms with Crippen LogP contribution >= 0.6 is 0 Å². The van der Waals surface area contributed by atoms with Gasteiger partial charge in [-0.05, 0) is 41.8 Å². The Kier molecular flexibility index (Phi) is 7.30. The minimum atomic E-state index is -3.64. The third-order valence-corrected chi connectivity index (χ3v) is 7.02. The third-order valence-electron chi connectivity index (χ3n) is 5.42. The molecule has 2 amide bonds. The Bertz CT molecular complexity index is 1560. The van der Waals surface area contributed by atoms with E-state index in [1.807, 2.05) is 0 Å². The van der Waals surface area contributed by atoms with E-state index >= 15 is 0 Å². The molecule has 0 saturated heterocycles. The van der Waals surface area contributed by atoms with Gasteiger partial charge >= 0.3 is 5.97 Å². The predicted molar refractivity (Wildman–Crippen MR) is 131 cm³/mol. The zero-order valence-electron chi connectivity index (χ0n) is 19.4. The molecule has 0 saturated carbocycles. The second-order valence-corrected chi connectivity index (χ2v) is 9.99. The van der Waals surface area contributed by atoms with Crippen molar-refractivity contribution in [3.05, 3.63) is 76.7 Å². The second kappa shape index (κ2) is 10.6. The number of amides is 2. The highest BCUT2D eigenvalue weighted by Gasteiger charge is 2.19. The lowest BCUT2D eigenvalue weighted by Crippen LogP contribution is -2.28. The highest BCUT2D eigenvalue weighted by atomic mass is 32.2. The molecule has 4 rings (SSSR count). The summed E-state index contributed by atoms with van der Waals surface area (Å²) >= 11 is 0. The summed E-state index contributed by atoms with van der Waals surface area (Å²) in [5.74, 6) is -1.43. The van der Waals surface area contributed by atoms with Gasteiger partial charge in [0, 0.05) is 19.2 Å². The molecule has 37 heavy (non-hydrogen) atoms. The fourth-order valence-electron chi connectivity index (χ4n) is 3.54. The lowest BCUT2D eigenvalue weighted by molar-refractivity contribution is -0.118. The van der Waals surface area contributed by atoms with Crippen LogP contribution in [0.4, 0.5) is 5.69 Å². The molecular formula is C24H21N5O7S. The molecule has 1 unspecified atom stereocenters. The van der Waals surface area contributed by atoms with Gasteiger partial charge in [0.25, 0.3) is 11.8 Å².